The van der Waals surface area contributed by atoms with E-state index in [2.05, 4.69) is 20.3 Å². The summed E-state index contributed by atoms with van der Waals surface area (Å²) >= 11 is 0. The highest BCUT2D eigenvalue weighted by Crippen LogP contribution is 2.29. The van der Waals surface area contributed by atoms with Crippen LogP contribution in [0.15, 0.2) is 29.5 Å². The molecule has 0 aliphatic rings. The van der Waals surface area contributed by atoms with Crippen molar-refractivity contribution in [2.24, 2.45) is 5.73 Å². The molecule has 1 atom stereocenters. The number of aryl methyl sites for hydroxylation is 1. The molecule has 0 spiro atoms. The molecule has 8 heteroatoms. The number of rotatable bonds is 4. The maximum atomic E-state index is 12.0. The number of aromatic nitrogens is 5. The minimum atomic E-state index is -0.490. The Hall–Kier alpha value is -2.90. The van der Waals surface area contributed by atoms with Crippen LogP contribution in [0.1, 0.15) is 29.2 Å². The lowest BCUT2D eigenvalue weighted by atomic mass is 9.90. The van der Waals surface area contributed by atoms with E-state index >= 15 is 0 Å². The number of nitrogens with two attached hydrogens (primary N) is 1. The Morgan fingerprint density at radius 2 is 2.29 bits per heavy atom. The smallest absolute Gasteiger partial charge is 0.267 e. The predicted octanol–water partition coefficient (Wildman–Crippen LogP) is 0.0614. The van der Waals surface area contributed by atoms with Gasteiger partial charge in [-0.25, -0.2) is 9.50 Å². The van der Waals surface area contributed by atoms with Crippen LogP contribution in [0, 0.1) is 6.92 Å². The van der Waals surface area contributed by atoms with Crippen LogP contribution < -0.4 is 11.3 Å². The van der Waals surface area contributed by atoms with Crippen LogP contribution in [-0.4, -0.2) is 30.7 Å². The summed E-state index contributed by atoms with van der Waals surface area (Å²) in [6.45, 7) is 1.76. The minimum absolute atomic E-state index is 0.0136. The molecular formula is C13H14N6O2. The van der Waals surface area contributed by atoms with Gasteiger partial charge in [0.2, 0.25) is 5.91 Å². The van der Waals surface area contributed by atoms with E-state index in [9.17, 15) is 9.59 Å². The van der Waals surface area contributed by atoms with Crippen molar-refractivity contribution in [3.05, 3.63) is 51.8 Å². The first-order valence-electron chi connectivity index (χ1n) is 6.41. The van der Waals surface area contributed by atoms with E-state index in [4.69, 9.17) is 5.73 Å². The summed E-state index contributed by atoms with van der Waals surface area (Å²) in [4.78, 5) is 27.7. The van der Waals surface area contributed by atoms with Crippen molar-refractivity contribution in [2.45, 2.75) is 19.3 Å². The van der Waals surface area contributed by atoms with Crippen molar-refractivity contribution < 1.29 is 4.79 Å². The van der Waals surface area contributed by atoms with E-state index in [1.165, 1.54) is 0 Å². The number of fused-ring (bicyclic) bond motifs is 1. The van der Waals surface area contributed by atoms with Gasteiger partial charge < -0.3 is 10.8 Å². The first-order valence-corrected chi connectivity index (χ1v) is 6.41. The zero-order valence-electron chi connectivity index (χ0n) is 11.3. The summed E-state index contributed by atoms with van der Waals surface area (Å²) in [6.07, 6.45) is 5.01. The standard InChI is InChI=1S/C13H14N6O2/c1-7-11(13(21)18-17-7)8(5-10(14)20)9-6-16-19-4-2-3-15-12(9)19/h2-4,6,8H,5H2,1H3,(H2,14,20)(H2,17,18,21). The molecule has 3 rings (SSSR count). The Balaban J connectivity index is 2.21. The predicted molar refractivity (Wildman–Crippen MR) is 74.8 cm³/mol. The fourth-order valence-electron chi connectivity index (χ4n) is 2.54. The lowest BCUT2D eigenvalue weighted by molar-refractivity contribution is -0.118. The van der Waals surface area contributed by atoms with Crippen LogP contribution in [0.5, 0.6) is 0 Å². The number of carbonyl (C=O) groups excluding carboxylic acids is 1. The number of nitrogens with one attached hydrogen (secondary N) is 2. The molecule has 0 saturated carbocycles. The van der Waals surface area contributed by atoms with E-state index in [0.29, 0.717) is 22.5 Å². The van der Waals surface area contributed by atoms with E-state index < -0.39 is 11.8 Å². The van der Waals surface area contributed by atoms with Crippen molar-refractivity contribution in [3.8, 4) is 0 Å². The lowest BCUT2D eigenvalue weighted by Crippen LogP contribution is -2.20. The number of carbonyl (C=O) groups is 1. The Bertz CT molecular complexity index is 859. The van der Waals surface area contributed by atoms with Gasteiger partial charge in [0.1, 0.15) is 0 Å². The molecule has 0 aliphatic heterocycles. The van der Waals surface area contributed by atoms with Crippen molar-refractivity contribution >= 4 is 11.6 Å². The third kappa shape index (κ3) is 2.20. The third-order valence-electron chi connectivity index (χ3n) is 3.45. The van der Waals surface area contributed by atoms with Gasteiger partial charge in [0.05, 0.1) is 6.20 Å². The molecule has 0 aliphatic carbocycles. The molecule has 1 amide bonds. The second kappa shape index (κ2) is 4.89. The Morgan fingerprint density at radius 3 is 2.95 bits per heavy atom. The zero-order valence-corrected chi connectivity index (χ0v) is 11.3. The molecule has 0 aromatic carbocycles. The number of nitrogens with zero attached hydrogens (tertiary/aromatic N) is 3. The number of primary amides is 1. The number of amides is 1. The van der Waals surface area contributed by atoms with E-state index in [0.717, 1.165) is 0 Å². The topological polar surface area (TPSA) is 122 Å². The molecule has 3 aromatic heterocycles. The van der Waals surface area contributed by atoms with Crippen molar-refractivity contribution in [2.75, 3.05) is 0 Å². The van der Waals surface area contributed by atoms with E-state index in [1.54, 1.807) is 36.1 Å². The summed E-state index contributed by atoms with van der Waals surface area (Å²) in [6, 6.07) is 1.75. The molecule has 0 bridgehead atoms. The molecule has 3 aromatic rings. The lowest BCUT2D eigenvalue weighted by Gasteiger charge is -2.12. The summed E-state index contributed by atoms with van der Waals surface area (Å²) in [5.74, 6) is -0.972. The van der Waals surface area contributed by atoms with Gasteiger partial charge in [-0.2, -0.15) is 5.10 Å². The molecule has 3 heterocycles. The van der Waals surface area contributed by atoms with Gasteiger partial charge in [0.25, 0.3) is 5.56 Å². The summed E-state index contributed by atoms with van der Waals surface area (Å²) in [5.41, 5.74) is 7.52. The zero-order chi connectivity index (χ0) is 15.0. The van der Waals surface area contributed by atoms with Gasteiger partial charge in [0.15, 0.2) is 5.65 Å². The number of hydrogen-bond donors (Lipinski definition) is 3. The van der Waals surface area contributed by atoms with Gasteiger partial charge in [0, 0.05) is 41.6 Å². The number of hydrogen-bond acceptors (Lipinski definition) is 4. The monoisotopic (exact) mass is 286 g/mol. The third-order valence-corrected chi connectivity index (χ3v) is 3.45. The normalized spacial score (nSPS) is 12.6. The second-order valence-corrected chi connectivity index (χ2v) is 4.83. The van der Waals surface area contributed by atoms with Crippen LogP contribution >= 0.6 is 0 Å². The average molecular weight is 286 g/mol. The molecule has 8 nitrogen and oxygen atoms in total. The van der Waals surface area contributed by atoms with Gasteiger partial charge >= 0.3 is 0 Å². The van der Waals surface area contributed by atoms with Crippen LogP contribution in [-0.2, 0) is 4.79 Å². The minimum Gasteiger partial charge on any atom is -0.370 e. The van der Waals surface area contributed by atoms with E-state index in [1.807, 2.05) is 0 Å². The number of H-pyrrole nitrogens is 2. The average Bonchev–Trinajstić information content (AvgIpc) is 3.01. The fourth-order valence-corrected chi connectivity index (χ4v) is 2.54. The molecule has 4 N–H and O–H groups in total. The molecule has 1 unspecified atom stereocenters. The van der Waals surface area contributed by atoms with Gasteiger partial charge in [-0.1, -0.05) is 0 Å². The molecule has 108 valence electrons. The van der Waals surface area contributed by atoms with Gasteiger partial charge in [-0.3, -0.25) is 14.7 Å². The highest BCUT2D eigenvalue weighted by molar-refractivity contribution is 5.76. The maximum absolute atomic E-state index is 12.0. The quantitative estimate of drug-likeness (QED) is 0.627. The van der Waals surface area contributed by atoms with Crippen molar-refractivity contribution in [1.82, 2.24) is 24.8 Å². The Kier molecular flexibility index (Phi) is 3.05. The molecule has 0 radical (unpaired) electrons. The molecule has 0 saturated heterocycles. The Morgan fingerprint density at radius 1 is 1.48 bits per heavy atom. The van der Waals surface area contributed by atoms with Crippen molar-refractivity contribution in [1.29, 1.82) is 0 Å². The van der Waals surface area contributed by atoms with Gasteiger partial charge in [-0.05, 0) is 13.0 Å². The fraction of sp³-hybridized carbons (Fsp3) is 0.231. The van der Waals surface area contributed by atoms with E-state index in [-0.39, 0.29) is 12.0 Å². The van der Waals surface area contributed by atoms with Crippen LogP contribution in [0.2, 0.25) is 0 Å². The second-order valence-electron chi connectivity index (χ2n) is 4.83. The van der Waals surface area contributed by atoms with Crippen LogP contribution in [0.4, 0.5) is 0 Å². The molecule has 21 heavy (non-hydrogen) atoms. The molecular weight excluding hydrogens is 272 g/mol. The van der Waals surface area contributed by atoms with Crippen LogP contribution in [0.3, 0.4) is 0 Å². The number of aromatic amines is 2. The molecule has 0 fully saturated rings. The Labute approximate surface area is 119 Å². The maximum Gasteiger partial charge on any atom is 0.267 e. The highest BCUT2D eigenvalue weighted by atomic mass is 16.1. The summed E-state index contributed by atoms with van der Waals surface area (Å²) < 4.78 is 1.60. The SMILES string of the molecule is Cc1[nH][nH]c(=O)c1C(CC(N)=O)c1cnn2cccnc12. The largest absolute Gasteiger partial charge is 0.370 e. The van der Waals surface area contributed by atoms with Crippen LogP contribution in [0.25, 0.3) is 5.65 Å². The summed E-state index contributed by atoms with van der Waals surface area (Å²) in [5, 5.41) is 9.48. The summed E-state index contributed by atoms with van der Waals surface area (Å²) in [7, 11) is 0. The highest BCUT2D eigenvalue weighted by Gasteiger charge is 2.26. The first-order chi connectivity index (χ1) is 10.1. The van der Waals surface area contributed by atoms with Gasteiger partial charge in [-0.15, -0.1) is 0 Å². The first kappa shape index (κ1) is 13.1. The van der Waals surface area contributed by atoms with Crippen molar-refractivity contribution in [3.63, 3.8) is 0 Å².